The van der Waals surface area contributed by atoms with Gasteiger partial charge in [-0.25, -0.2) is 4.98 Å². The molecule has 1 aliphatic rings. The molecule has 0 N–H and O–H groups in total. The van der Waals surface area contributed by atoms with Crippen molar-refractivity contribution in [2.75, 3.05) is 0 Å². The van der Waals surface area contributed by atoms with E-state index in [0.29, 0.717) is 11.3 Å². The lowest BCUT2D eigenvalue weighted by Gasteiger charge is -2.28. The van der Waals surface area contributed by atoms with E-state index in [0.717, 1.165) is 0 Å². The summed E-state index contributed by atoms with van der Waals surface area (Å²) in [4.78, 5) is 6.28. The second kappa shape index (κ2) is 3.34. The molecular weight excluding hydrogens is 190 g/mol. The number of nitrogens with zero attached hydrogens (tertiary/aromatic N) is 1. The Morgan fingerprint density at radius 1 is 1.36 bits per heavy atom. The first-order valence-corrected chi connectivity index (χ1v) is 6.28. The first-order chi connectivity index (χ1) is 6.48. The minimum absolute atomic E-state index is 0.494. The number of hydrogen-bond acceptors (Lipinski definition) is 2. The zero-order chi connectivity index (χ0) is 10.3. The van der Waals surface area contributed by atoms with Gasteiger partial charge in [0, 0.05) is 10.8 Å². The van der Waals surface area contributed by atoms with Crippen molar-refractivity contribution in [2.45, 2.75) is 52.9 Å². The Bertz CT molecular complexity index is 336. The molecule has 0 radical (unpaired) electrons. The standard InChI is InChI=1S/C12H19NS/c1-8(2)11-13-9-5-6-12(3,4)7-10(9)14-11/h8H,5-7H2,1-4H3. The van der Waals surface area contributed by atoms with Crippen LogP contribution in [-0.4, -0.2) is 4.98 Å². The van der Waals surface area contributed by atoms with Crippen molar-refractivity contribution in [3.63, 3.8) is 0 Å². The van der Waals surface area contributed by atoms with E-state index in [-0.39, 0.29) is 0 Å². The molecule has 14 heavy (non-hydrogen) atoms. The number of aromatic nitrogens is 1. The van der Waals surface area contributed by atoms with Crippen LogP contribution in [0.15, 0.2) is 0 Å². The maximum atomic E-state index is 4.73. The summed E-state index contributed by atoms with van der Waals surface area (Å²) in [6.07, 6.45) is 3.71. The van der Waals surface area contributed by atoms with Crippen molar-refractivity contribution in [1.29, 1.82) is 0 Å². The van der Waals surface area contributed by atoms with Gasteiger partial charge in [0.15, 0.2) is 0 Å². The van der Waals surface area contributed by atoms with Crippen LogP contribution in [0, 0.1) is 5.41 Å². The summed E-state index contributed by atoms with van der Waals surface area (Å²) in [5.41, 5.74) is 1.88. The van der Waals surface area contributed by atoms with Crippen LogP contribution >= 0.6 is 11.3 Å². The molecule has 0 amide bonds. The topological polar surface area (TPSA) is 12.9 Å². The van der Waals surface area contributed by atoms with Gasteiger partial charge in [-0.1, -0.05) is 27.7 Å². The first kappa shape index (κ1) is 10.2. The van der Waals surface area contributed by atoms with Gasteiger partial charge < -0.3 is 0 Å². The van der Waals surface area contributed by atoms with Gasteiger partial charge in [-0.3, -0.25) is 0 Å². The van der Waals surface area contributed by atoms with Crippen molar-refractivity contribution in [3.05, 3.63) is 15.6 Å². The molecule has 1 aromatic heterocycles. The Morgan fingerprint density at radius 2 is 2.07 bits per heavy atom. The molecule has 2 rings (SSSR count). The maximum Gasteiger partial charge on any atom is 0.0956 e. The predicted octanol–water partition coefficient (Wildman–Crippen LogP) is 3.78. The normalized spacial score (nSPS) is 19.8. The van der Waals surface area contributed by atoms with Gasteiger partial charge >= 0.3 is 0 Å². The number of hydrogen-bond donors (Lipinski definition) is 0. The largest absolute Gasteiger partial charge is 0.246 e. The van der Waals surface area contributed by atoms with Crippen molar-refractivity contribution in [2.24, 2.45) is 5.41 Å². The second-order valence-corrected chi connectivity index (χ2v) is 6.53. The number of thiazole rings is 1. The summed E-state index contributed by atoms with van der Waals surface area (Å²) >= 11 is 1.93. The molecule has 0 fully saturated rings. The third-order valence-electron chi connectivity index (χ3n) is 2.97. The van der Waals surface area contributed by atoms with Gasteiger partial charge in [0.1, 0.15) is 0 Å². The van der Waals surface area contributed by atoms with Crippen LogP contribution in [0.25, 0.3) is 0 Å². The molecule has 0 unspecified atom stereocenters. The van der Waals surface area contributed by atoms with E-state index in [9.17, 15) is 0 Å². The SMILES string of the molecule is CC(C)c1nc2c(s1)CC(C)(C)CC2. The quantitative estimate of drug-likeness (QED) is 0.686. The Morgan fingerprint density at radius 3 is 2.71 bits per heavy atom. The van der Waals surface area contributed by atoms with Gasteiger partial charge in [0.25, 0.3) is 0 Å². The van der Waals surface area contributed by atoms with Crippen LogP contribution in [0.3, 0.4) is 0 Å². The van der Waals surface area contributed by atoms with Gasteiger partial charge in [0.2, 0.25) is 0 Å². The summed E-state index contributed by atoms with van der Waals surface area (Å²) in [5.74, 6) is 0.591. The third kappa shape index (κ3) is 1.85. The highest BCUT2D eigenvalue weighted by atomic mass is 32.1. The van der Waals surface area contributed by atoms with E-state index in [1.54, 1.807) is 4.88 Å². The molecule has 2 heteroatoms. The highest BCUT2D eigenvalue weighted by Gasteiger charge is 2.28. The van der Waals surface area contributed by atoms with E-state index in [1.807, 2.05) is 11.3 Å². The molecule has 0 atom stereocenters. The number of rotatable bonds is 1. The fourth-order valence-electron chi connectivity index (χ4n) is 1.96. The van der Waals surface area contributed by atoms with Crippen molar-refractivity contribution in [3.8, 4) is 0 Å². The fourth-order valence-corrected chi connectivity index (χ4v) is 3.34. The summed E-state index contributed by atoms with van der Waals surface area (Å²) in [6, 6.07) is 0. The molecule has 0 aromatic carbocycles. The highest BCUT2D eigenvalue weighted by molar-refractivity contribution is 7.11. The molecular formula is C12H19NS. The van der Waals surface area contributed by atoms with E-state index in [2.05, 4.69) is 27.7 Å². The van der Waals surface area contributed by atoms with Crippen LogP contribution in [0.4, 0.5) is 0 Å². The predicted molar refractivity (Wildman–Crippen MR) is 62.0 cm³/mol. The zero-order valence-corrected chi connectivity index (χ0v) is 10.4. The van der Waals surface area contributed by atoms with Gasteiger partial charge in [-0.15, -0.1) is 11.3 Å². The Balaban J connectivity index is 2.30. The lowest BCUT2D eigenvalue weighted by atomic mass is 9.79. The van der Waals surface area contributed by atoms with Gasteiger partial charge in [-0.05, 0) is 24.7 Å². The minimum atomic E-state index is 0.494. The van der Waals surface area contributed by atoms with Gasteiger partial charge in [0.05, 0.1) is 10.7 Å². The maximum absolute atomic E-state index is 4.73. The summed E-state index contributed by atoms with van der Waals surface area (Å²) in [6.45, 7) is 9.19. The third-order valence-corrected chi connectivity index (χ3v) is 4.36. The van der Waals surface area contributed by atoms with E-state index in [4.69, 9.17) is 4.98 Å². The highest BCUT2D eigenvalue weighted by Crippen LogP contribution is 2.38. The molecule has 0 bridgehead atoms. The van der Waals surface area contributed by atoms with Crippen LogP contribution in [0.2, 0.25) is 0 Å². The molecule has 1 nitrogen and oxygen atoms in total. The van der Waals surface area contributed by atoms with E-state index in [1.165, 1.54) is 30.0 Å². The fraction of sp³-hybridized carbons (Fsp3) is 0.750. The Kier molecular flexibility index (Phi) is 2.42. The molecule has 0 saturated carbocycles. The average molecular weight is 209 g/mol. The smallest absolute Gasteiger partial charge is 0.0956 e. The molecule has 0 aliphatic heterocycles. The second-order valence-electron chi connectivity index (χ2n) is 5.42. The van der Waals surface area contributed by atoms with Gasteiger partial charge in [-0.2, -0.15) is 0 Å². The molecule has 0 saturated heterocycles. The minimum Gasteiger partial charge on any atom is -0.246 e. The summed E-state index contributed by atoms with van der Waals surface area (Å²) in [5, 5.41) is 1.33. The molecule has 1 aliphatic carbocycles. The summed E-state index contributed by atoms with van der Waals surface area (Å²) in [7, 11) is 0. The number of fused-ring (bicyclic) bond motifs is 1. The first-order valence-electron chi connectivity index (χ1n) is 5.46. The van der Waals surface area contributed by atoms with Crippen molar-refractivity contribution in [1.82, 2.24) is 4.98 Å². The van der Waals surface area contributed by atoms with E-state index >= 15 is 0 Å². The molecule has 1 heterocycles. The lowest BCUT2D eigenvalue weighted by Crippen LogP contribution is -2.20. The average Bonchev–Trinajstić information content (AvgIpc) is 2.45. The number of aryl methyl sites for hydroxylation is 1. The molecule has 0 spiro atoms. The van der Waals surface area contributed by atoms with Crippen LogP contribution in [0.1, 0.15) is 55.6 Å². The lowest BCUT2D eigenvalue weighted by molar-refractivity contribution is 0.316. The van der Waals surface area contributed by atoms with Crippen molar-refractivity contribution < 1.29 is 0 Å². The Hall–Kier alpha value is -0.370. The van der Waals surface area contributed by atoms with Crippen LogP contribution in [0.5, 0.6) is 0 Å². The van der Waals surface area contributed by atoms with E-state index < -0.39 is 0 Å². The molecule has 1 aromatic rings. The zero-order valence-electron chi connectivity index (χ0n) is 9.55. The Labute approximate surface area is 90.6 Å². The molecule has 78 valence electrons. The van der Waals surface area contributed by atoms with Crippen molar-refractivity contribution >= 4 is 11.3 Å². The monoisotopic (exact) mass is 209 g/mol. The van der Waals surface area contributed by atoms with Crippen LogP contribution < -0.4 is 0 Å². The summed E-state index contributed by atoms with van der Waals surface area (Å²) < 4.78 is 0. The van der Waals surface area contributed by atoms with Crippen LogP contribution in [-0.2, 0) is 12.8 Å².